The van der Waals surface area contributed by atoms with Crippen LogP contribution in [0, 0.1) is 0 Å². The van der Waals surface area contributed by atoms with Crippen LogP contribution in [0.25, 0.3) is 0 Å². The highest BCUT2D eigenvalue weighted by Crippen LogP contribution is 1.98. The standard InChI is InChI=1S/C11H20N2O4.ClH/c1-2-17-11(15)3-4-13-10(14)7-9-8-16-6-5-12-9;/h9,12H,2-8H2,1H3,(H,13,14);1H. The molecular weight excluding hydrogens is 260 g/mol. The minimum Gasteiger partial charge on any atom is -0.466 e. The average molecular weight is 281 g/mol. The minimum atomic E-state index is -0.285. The van der Waals surface area contributed by atoms with Crippen LogP contribution in [0.1, 0.15) is 19.8 Å². The molecule has 1 saturated heterocycles. The van der Waals surface area contributed by atoms with Crippen LogP contribution < -0.4 is 10.6 Å². The van der Waals surface area contributed by atoms with E-state index in [-0.39, 0.29) is 36.7 Å². The van der Waals surface area contributed by atoms with Crippen molar-refractivity contribution in [2.75, 3.05) is 32.9 Å². The van der Waals surface area contributed by atoms with E-state index in [0.29, 0.717) is 32.8 Å². The lowest BCUT2D eigenvalue weighted by Gasteiger charge is -2.23. The third kappa shape index (κ3) is 7.47. The van der Waals surface area contributed by atoms with Crippen LogP contribution in [0.2, 0.25) is 0 Å². The molecule has 1 fully saturated rings. The number of amides is 1. The molecule has 0 aliphatic carbocycles. The fraction of sp³-hybridized carbons (Fsp3) is 0.818. The molecule has 1 unspecified atom stereocenters. The first kappa shape index (κ1) is 17.2. The molecule has 1 atom stereocenters. The van der Waals surface area contributed by atoms with Gasteiger partial charge in [0.25, 0.3) is 0 Å². The molecule has 18 heavy (non-hydrogen) atoms. The molecule has 1 amide bonds. The number of carbonyl (C=O) groups excluding carboxylic acids is 2. The molecule has 1 aliphatic heterocycles. The van der Waals surface area contributed by atoms with E-state index >= 15 is 0 Å². The van der Waals surface area contributed by atoms with Gasteiger partial charge in [0, 0.05) is 25.6 Å². The van der Waals surface area contributed by atoms with Gasteiger partial charge in [-0.1, -0.05) is 0 Å². The summed E-state index contributed by atoms with van der Waals surface area (Å²) in [7, 11) is 0. The van der Waals surface area contributed by atoms with Gasteiger partial charge in [-0.2, -0.15) is 0 Å². The first-order valence-electron chi connectivity index (χ1n) is 5.95. The van der Waals surface area contributed by atoms with E-state index in [1.807, 2.05) is 0 Å². The lowest BCUT2D eigenvalue weighted by molar-refractivity contribution is -0.143. The highest BCUT2D eigenvalue weighted by molar-refractivity contribution is 5.85. The Balaban J connectivity index is 0.00000289. The Morgan fingerprint density at radius 2 is 2.28 bits per heavy atom. The summed E-state index contributed by atoms with van der Waals surface area (Å²) in [5.41, 5.74) is 0. The van der Waals surface area contributed by atoms with Gasteiger partial charge in [-0.25, -0.2) is 0 Å². The number of rotatable bonds is 6. The Morgan fingerprint density at radius 3 is 2.89 bits per heavy atom. The average Bonchev–Trinajstić information content (AvgIpc) is 2.30. The molecule has 6 nitrogen and oxygen atoms in total. The number of hydrogen-bond acceptors (Lipinski definition) is 5. The molecule has 1 heterocycles. The first-order valence-corrected chi connectivity index (χ1v) is 5.95. The molecule has 106 valence electrons. The zero-order valence-electron chi connectivity index (χ0n) is 10.6. The van der Waals surface area contributed by atoms with Crippen molar-refractivity contribution >= 4 is 24.3 Å². The Hall–Kier alpha value is -0.850. The van der Waals surface area contributed by atoms with Gasteiger partial charge in [0.15, 0.2) is 0 Å². The van der Waals surface area contributed by atoms with Crippen molar-refractivity contribution in [2.45, 2.75) is 25.8 Å². The van der Waals surface area contributed by atoms with Crippen molar-refractivity contribution < 1.29 is 19.1 Å². The number of halogens is 1. The molecule has 7 heteroatoms. The maximum absolute atomic E-state index is 11.5. The molecule has 0 saturated carbocycles. The van der Waals surface area contributed by atoms with Gasteiger partial charge in [0.2, 0.25) is 5.91 Å². The van der Waals surface area contributed by atoms with Gasteiger partial charge in [0.1, 0.15) is 0 Å². The van der Waals surface area contributed by atoms with Gasteiger partial charge in [-0.15, -0.1) is 12.4 Å². The first-order chi connectivity index (χ1) is 8.22. The highest BCUT2D eigenvalue weighted by Gasteiger charge is 2.16. The molecular formula is C11H21ClN2O4. The zero-order chi connectivity index (χ0) is 12.5. The molecule has 0 spiro atoms. The fourth-order valence-electron chi connectivity index (χ4n) is 1.58. The van der Waals surface area contributed by atoms with Gasteiger partial charge >= 0.3 is 5.97 Å². The second-order valence-corrected chi connectivity index (χ2v) is 3.84. The third-order valence-electron chi connectivity index (χ3n) is 2.39. The van der Waals surface area contributed by atoms with Crippen molar-refractivity contribution in [2.24, 2.45) is 0 Å². The van der Waals surface area contributed by atoms with E-state index in [1.165, 1.54) is 0 Å². The summed E-state index contributed by atoms with van der Waals surface area (Å²) in [6.45, 7) is 4.49. The summed E-state index contributed by atoms with van der Waals surface area (Å²) in [4.78, 5) is 22.5. The minimum absolute atomic E-state index is 0. The van der Waals surface area contributed by atoms with Gasteiger partial charge in [-0.3, -0.25) is 9.59 Å². The lowest BCUT2D eigenvalue weighted by Crippen LogP contribution is -2.44. The number of ether oxygens (including phenoxy) is 2. The Labute approximate surface area is 113 Å². The molecule has 1 aliphatic rings. The molecule has 1 rings (SSSR count). The van der Waals surface area contributed by atoms with Crippen LogP contribution in [-0.4, -0.2) is 50.8 Å². The molecule has 0 aromatic rings. The van der Waals surface area contributed by atoms with Crippen molar-refractivity contribution in [3.8, 4) is 0 Å². The van der Waals surface area contributed by atoms with Gasteiger partial charge < -0.3 is 20.1 Å². The summed E-state index contributed by atoms with van der Waals surface area (Å²) in [6.07, 6.45) is 0.594. The van der Waals surface area contributed by atoms with E-state index in [4.69, 9.17) is 9.47 Å². The third-order valence-corrected chi connectivity index (χ3v) is 2.39. The van der Waals surface area contributed by atoms with Crippen molar-refractivity contribution in [3.05, 3.63) is 0 Å². The molecule has 0 aromatic heterocycles. The number of carbonyl (C=O) groups is 2. The van der Waals surface area contributed by atoms with E-state index in [9.17, 15) is 9.59 Å². The Bertz CT molecular complexity index is 257. The van der Waals surface area contributed by atoms with Crippen molar-refractivity contribution in [1.82, 2.24) is 10.6 Å². The molecule has 0 aromatic carbocycles. The van der Waals surface area contributed by atoms with Crippen LogP contribution >= 0.6 is 12.4 Å². The van der Waals surface area contributed by atoms with Crippen LogP contribution in [0.5, 0.6) is 0 Å². The topological polar surface area (TPSA) is 76.7 Å². The number of nitrogens with one attached hydrogen (secondary N) is 2. The smallest absolute Gasteiger partial charge is 0.307 e. The van der Waals surface area contributed by atoms with Crippen molar-refractivity contribution in [3.63, 3.8) is 0 Å². The van der Waals surface area contributed by atoms with Crippen molar-refractivity contribution in [1.29, 1.82) is 0 Å². The second-order valence-electron chi connectivity index (χ2n) is 3.84. The summed E-state index contributed by atoms with van der Waals surface area (Å²) >= 11 is 0. The summed E-state index contributed by atoms with van der Waals surface area (Å²) in [6, 6.07) is 0.0753. The quantitative estimate of drug-likeness (QED) is 0.662. The summed E-state index contributed by atoms with van der Waals surface area (Å²) in [5.74, 6) is -0.357. The largest absolute Gasteiger partial charge is 0.466 e. The monoisotopic (exact) mass is 280 g/mol. The van der Waals surface area contributed by atoms with E-state index in [1.54, 1.807) is 6.92 Å². The van der Waals surface area contributed by atoms with Crippen LogP contribution in [-0.2, 0) is 19.1 Å². The predicted octanol–water partition coefficient (Wildman–Crippen LogP) is -0.144. The van der Waals surface area contributed by atoms with E-state index < -0.39 is 0 Å². The van der Waals surface area contributed by atoms with Crippen LogP contribution in [0.3, 0.4) is 0 Å². The SMILES string of the molecule is CCOC(=O)CCNC(=O)CC1COCCN1.Cl. The molecule has 0 bridgehead atoms. The maximum Gasteiger partial charge on any atom is 0.307 e. The normalized spacial score (nSPS) is 18.6. The van der Waals surface area contributed by atoms with E-state index in [0.717, 1.165) is 6.54 Å². The van der Waals surface area contributed by atoms with Crippen LogP contribution in [0.4, 0.5) is 0 Å². The van der Waals surface area contributed by atoms with E-state index in [2.05, 4.69) is 10.6 Å². The molecule has 2 N–H and O–H groups in total. The van der Waals surface area contributed by atoms with Gasteiger partial charge in [0.05, 0.1) is 26.2 Å². The zero-order valence-corrected chi connectivity index (χ0v) is 11.4. The number of morpholine rings is 1. The Morgan fingerprint density at radius 1 is 1.50 bits per heavy atom. The van der Waals surface area contributed by atoms with Gasteiger partial charge in [-0.05, 0) is 6.92 Å². The lowest BCUT2D eigenvalue weighted by atomic mass is 10.2. The fourth-order valence-corrected chi connectivity index (χ4v) is 1.58. The maximum atomic E-state index is 11.5. The van der Waals surface area contributed by atoms with Crippen LogP contribution in [0.15, 0.2) is 0 Å². The Kier molecular flexibility index (Phi) is 9.63. The highest BCUT2D eigenvalue weighted by atomic mass is 35.5. The predicted molar refractivity (Wildman–Crippen MR) is 68.7 cm³/mol. The molecule has 0 radical (unpaired) electrons. The summed E-state index contributed by atoms with van der Waals surface area (Å²) in [5, 5.41) is 5.88. The number of esters is 1. The second kappa shape index (κ2) is 10.1. The summed E-state index contributed by atoms with van der Waals surface area (Å²) < 4.78 is 9.99. The number of hydrogen-bond donors (Lipinski definition) is 2.